The molecule has 0 aliphatic heterocycles. The first kappa shape index (κ1) is 19.3. The highest BCUT2D eigenvalue weighted by molar-refractivity contribution is 7.53. The summed E-state index contributed by atoms with van der Waals surface area (Å²) in [6, 6.07) is 0. The minimum atomic E-state index is -3.41. The molecule has 0 saturated heterocycles. The Morgan fingerprint density at radius 2 is 1.96 bits per heavy atom. The van der Waals surface area contributed by atoms with Gasteiger partial charge in [0.15, 0.2) is 0 Å². The molecule has 10 heteroatoms. The van der Waals surface area contributed by atoms with Crippen molar-refractivity contribution >= 4 is 13.6 Å². The van der Waals surface area contributed by atoms with Crippen molar-refractivity contribution in [2.75, 3.05) is 19.8 Å². The molecule has 0 fully saturated rings. The van der Waals surface area contributed by atoms with Crippen LogP contribution in [0.2, 0.25) is 0 Å². The van der Waals surface area contributed by atoms with E-state index in [0.717, 1.165) is 0 Å². The Balaban J connectivity index is 3.16. The van der Waals surface area contributed by atoms with Crippen molar-refractivity contribution < 1.29 is 27.6 Å². The van der Waals surface area contributed by atoms with Crippen molar-refractivity contribution in [1.82, 2.24) is 0 Å². The molecule has 0 aromatic carbocycles. The monoisotopic (exact) mass is 345 g/mol. The summed E-state index contributed by atoms with van der Waals surface area (Å²) in [6.07, 6.45) is 1.03. The van der Waals surface area contributed by atoms with Crippen molar-refractivity contribution in [3.05, 3.63) is 33.6 Å². The Kier molecular flexibility index (Phi) is 7.85. The molecule has 0 unspecified atom stereocenters. The van der Waals surface area contributed by atoms with Crippen LogP contribution in [0, 0.1) is 0 Å². The fraction of sp³-hybridized carbons (Fsp3) is 0.615. The van der Waals surface area contributed by atoms with Gasteiger partial charge in [0.05, 0.1) is 26.4 Å². The van der Waals surface area contributed by atoms with Crippen molar-refractivity contribution in [3.8, 4) is 0 Å². The third-order valence-electron chi connectivity index (χ3n) is 2.76. The molecule has 0 atom stereocenters. The van der Waals surface area contributed by atoms with Crippen molar-refractivity contribution in [2.45, 2.75) is 33.5 Å². The first-order chi connectivity index (χ1) is 11.0. The molecule has 0 radical (unpaired) electrons. The lowest BCUT2D eigenvalue weighted by Gasteiger charge is -2.16. The molecule has 0 aliphatic carbocycles. The molecular weight excluding hydrogens is 325 g/mol. The van der Waals surface area contributed by atoms with Crippen LogP contribution in [0.4, 0.5) is 0 Å². The van der Waals surface area contributed by atoms with E-state index in [1.165, 1.54) is 6.26 Å². The van der Waals surface area contributed by atoms with Crippen LogP contribution in [0.15, 0.2) is 15.8 Å². The number of carbonyl (C=O) groups is 1. The van der Waals surface area contributed by atoms with E-state index in [1.54, 1.807) is 20.8 Å². The van der Waals surface area contributed by atoms with E-state index in [1.807, 2.05) is 0 Å². The minimum Gasteiger partial charge on any atom is -0.467 e. The predicted octanol–water partition coefficient (Wildman–Crippen LogP) is 4.03. The average molecular weight is 345 g/mol. The average Bonchev–Trinajstić information content (AvgIpc) is 2.88. The molecule has 0 saturated carbocycles. The number of hydrogen-bond acceptors (Lipinski definition) is 7. The maximum atomic E-state index is 12.6. The molecule has 1 aromatic rings. The Morgan fingerprint density at radius 1 is 1.30 bits per heavy atom. The molecule has 1 rings (SSSR count). The van der Waals surface area contributed by atoms with Gasteiger partial charge in [0.1, 0.15) is 23.7 Å². The molecule has 23 heavy (non-hydrogen) atoms. The van der Waals surface area contributed by atoms with Gasteiger partial charge in [0.25, 0.3) is 0 Å². The van der Waals surface area contributed by atoms with Crippen LogP contribution < -0.4 is 0 Å². The fourth-order valence-corrected chi connectivity index (χ4v) is 3.57. The summed E-state index contributed by atoms with van der Waals surface area (Å²) in [6.45, 7) is 5.52. The zero-order valence-electron chi connectivity index (χ0n) is 13.4. The highest BCUT2D eigenvalue weighted by Gasteiger charge is 2.30. The van der Waals surface area contributed by atoms with Crippen LogP contribution in [0.3, 0.4) is 0 Å². The Hall–Kier alpha value is -1.79. The van der Waals surface area contributed by atoms with E-state index >= 15 is 0 Å². The molecule has 0 spiro atoms. The molecule has 0 bridgehead atoms. The van der Waals surface area contributed by atoms with Gasteiger partial charge in [0.2, 0.25) is 0 Å². The van der Waals surface area contributed by atoms with Crippen LogP contribution in [-0.2, 0) is 31.1 Å². The molecule has 0 N–H and O–H groups in total. The lowest BCUT2D eigenvalue weighted by Crippen LogP contribution is -2.07. The van der Waals surface area contributed by atoms with Gasteiger partial charge in [-0.2, -0.15) is 0 Å². The lowest BCUT2D eigenvalue weighted by molar-refractivity contribution is 0.0524. The fourth-order valence-electron chi connectivity index (χ4n) is 1.91. The Bertz CT molecular complexity index is 613. The highest BCUT2D eigenvalue weighted by Crippen LogP contribution is 2.52. The summed E-state index contributed by atoms with van der Waals surface area (Å²) >= 11 is 0. The Morgan fingerprint density at radius 3 is 2.48 bits per heavy atom. The maximum Gasteiger partial charge on any atom is 0.341 e. The summed E-state index contributed by atoms with van der Waals surface area (Å²) in [5, 5.41) is 3.44. The Labute approximate surface area is 134 Å². The number of esters is 1. The standard InChI is InChI=1S/C13H20N3O6P/c1-4-19-13(17)11-8-20-12(10(11)7-15-16-14)9-23(18,21-5-2)22-6-3/h8H,4-7,9H2,1-3H3. The number of furan rings is 1. The SMILES string of the molecule is CCOC(=O)c1coc(CP(=O)(OCC)OCC)c1CN=[N+]=[N-]. The number of nitrogens with zero attached hydrogens (tertiary/aromatic N) is 3. The van der Waals surface area contributed by atoms with E-state index in [9.17, 15) is 9.36 Å². The van der Waals surface area contributed by atoms with Crippen LogP contribution in [0.1, 0.15) is 42.5 Å². The molecule has 0 aliphatic rings. The van der Waals surface area contributed by atoms with Crippen LogP contribution >= 0.6 is 7.60 Å². The van der Waals surface area contributed by atoms with E-state index in [4.69, 9.17) is 23.7 Å². The second-order valence-electron chi connectivity index (χ2n) is 4.27. The van der Waals surface area contributed by atoms with E-state index in [0.29, 0.717) is 5.56 Å². The second-order valence-corrected chi connectivity index (χ2v) is 6.32. The van der Waals surface area contributed by atoms with Crippen molar-refractivity contribution in [3.63, 3.8) is 0 Å². The first-order valence-corrected chi connectivity index (χ1v) is 8.89. The summed E-state index contributed by atoms with van der Waals surface area (Å²) in [4.78, 5) is 14.6. The van der Waals surface area contributed by atoms with Crippen LogP contribution in [0.5, 0.6) is 0 Å². The van der Waals surface area contributed by atoms with Gasteiger partial charge in [-0.25, -0.2) is 4.79 Å². The first-order valence-electron chi connectivity index (χ1n) is 7.16. The van der Waals surface area contributed by atoms with Gasteiger partial charge in [-0.1, -0.05) is 5.11 Å². The smallest absolute Gasteiger partial charge is 0.341 e. The van der Waals surface area contributed by atoms with Gasteiger partial charge < -0.3 is 18.2 Å². The largest absolute Gasteiger partial charge is 0.467 e. The van der Waals surface area contributed by atoms with Crippen molar-refractivity contribution in [1.29, 1.82) is 0 Å². The summed E-state index contributed by atoms with van der Waals surface area (Å²) < 4.78 is 33.3. The lowest BCUT2D eigenvalue weighted by atomic mass is 10.1. The van der Waals surface area contributed by atoms with Gasteiger partial charge in [-0.3, -0.25) is 4.57 Å². The van der Waals surface area contributed by atoms with E-state index in [2.05, 4.69) is 10.0 Å². The van der Waals surface area contributed by atoms with Gasteiger partial charge >= 0.3 is 13.6 Å². The van der Waals surface area contributed by atoms with Gasteiger partial charge in [-0.05, 0) is 26.3 Å². The molecule has 0 amide bonds. The third-order valence-corrected chi connectivity index (χ3v) is 4.73. The molecule has 1 aromatic heterocycles. The van der Waals surface area contributed by atoms with Crippen LogP contribution in [0.25, 0.3) is 10.4 Å². The molecule has 128 valence electrons. The van der Waals surface area contributed by atoms with Crippen LogP contribution in [-0.4, -0.2) is 25.8 Å². The minimum absolute atomic E-state index is 0.130. The highest BCUT2D eigenvalue weighted by atomic mass is 31.2. The summed E-state index contributed by atoms with van der Waals surface area (Å²) in [5.41, 5.74) is 8.95. The normalized spacial score (nSPS) is 11.1. The quantitative estimate of drug-likeness (QED) is 0.207. The third kappa shape index (κ3) is 5.41. The molecular formula is C13H20N3O6P. The number of hydrogen-bond donors (Lipinski definition) is 0. The topological polar surface area (TPSA) is 124 Å². The van der Waals surface area contributed by atoms with E-state index < -0.39 is 13.6 Å². The summed E-state index contributed by atoms with van der Waals surface area (Å²) in [5.74, 6) is -0.390. The number of rotatable bonds is 10. The number of ether oxygens (including phenoxy) is 1. The van der Waals surface area contributed by atoms with E-state index in [-0.39, 0.29) is 43.9 Å². The zero-order chi connectivity index (χ0) is 17.3. The number of carbonyl (C=O) groups excluding carboxylic acids is 1. The van der Waals surface area contributed by atoms with Gasteiger partial charge in [0, 0.05) is 10.5 Å². The maximum absolute atomic E-state index is 12.6. The van der Waals surface area contributed by atoms with Gasteiger partial charge in [-0.15, -0.1) is 0 Å². The zero-order valence-corrected chi connectivity index (χ0v) is 14.2. The molecule has 1 heterocycles. The van der Waals surface area contributed by atoms with Crippen molar-refractivity contribution in [2.24, 2.45) is 5.11 Å². The molecule has 9 nitrogen and oxygen atoms in total. The summed E-state index contributed by atoms with van der Waals surface area (Å²) in [7, 11) is -3.41. The number of azide groups is 1. The predicted molar refractivity (Wildman–Crippen MR) is 82.1 cm³/mol. The second kappa shape index (κ2) is 9.37.